The van der Waals surface area contributed by atoms with Crippen molar-refractivity contribution in [3.8, 4) is 5.75 Å². The van der Waals surface area contributed by atoms with Crippen molar-refractivity contribution in [3.63, 3.8) is 0 Å². The number of benzene rings is 2. The number of nitrogens with zero attached hydrogens (tertiary/aromatic N) is 3. The van der Waals surface area contributed by atoms with Crippen molar-refractivity contribution in [1.82, 2.24) is 9.97 Å². The lowest BCUT2D eigenvalue weighted by atomic mass is 10.0. The Hall–Kier alpha value is -2.96. The molecule has 0 spiro atoms. The third-order valence-corrected chi connectivity index (χ3v) is 4.92. The van der Waals surface area contributed by atoms with Crippen molar-refractivity contribution in [3.05, 3.63) is 54.4 Å². The van der Waals surface area contributed by atoms with Gasteiger partial charge in [0.1, 0.15) is 18.0 Å². The highest BCUT2D eigenvalue weighted by Crippen LogP contribution is 2.31. The first-order valence-electron chi connectivity index (χ1n) is 8.90. The van der Waals surface area contributed by atoms with Crippen molar-refractivity contribution in [1.29, 1.82) is 0 Å². The molecule has 5 nitrogen and oxygen atoms in total. The molecule has 140 valence electrons. The highest BCUT2D eigenvalue weighted by Gasteiger charge is 2.23. The van der Waals surface area contributed by atoms with Gasteiger partial charge in [-0.15, -0.1) is 0 Å². The van der Waals surface area contributed by atoms with Crippen LogP contribution in [0.1, 0.15) is 12.8 Å². The summed E-state index contributed by atoms with van der Waals surface area (Å²) in [4.78, 5) is 10.7. The normalized spacial score (nSPS) is 15.1. The number of hydrogen-bond acceptors (Lipinski definition) is 5. The zero-order chi connectivity index (χ0) is 18.8. The third-order valence-electron chi connectivity index (χ3n) is 4.92. The van der Waals surface area contributed by atoms with Crippen LogP contribution in [0.3, 0.4) is 0 Å². The Balaban J connectivity index is 1.52. The third kappa shape index (κ3) is 3.49. The number of ether oxygens (including phenoxy) is 1. The van der Waals surface area contributed by atoms with E-state index in [-0.39, 0.29) is 17.6 Å². The number of halogens is 2. The van der Waals surface area contributed by atoms with Crippen LogP contribution in [0.15, 0.2) is 42.7 Å². The molecule has 4 rings (SSSR count). The van der Waals surface area contributed by atoms with E-state index in [9.17, 15) is 8.78 Å². The van der Waals surface area contributed by atoms with Crippen LogP contribution in [-0.4, -0.2) is 36.2 Å². The highest BCUT2D eigenvalue weighted by atomic mass is 19.1. The molecule has 27 heavy (non-hydrogen) atoms. The topological polar surface area (TPSA) is 50.3 Å². The van der Waals surface area contributed by atoms with Gasteiger partial charge in [0, 0.05) is 30.6 Å². The molecule has 1 aliphatic heterocycles. The summed E-state index contributed by atoms with van der Waals surface area (Å²) in [6, 6.07) is 9.91. The van der Waals surface area contributed by atoms with Gasteiger partial charge >= 0.3 is 0 Å². The second-order valence-corrected chi connectivity index (χ2v) is 6.59. The number of aromatic nitrogens is 2. The van der Waals surface area contributed by atoms with Gasteiger partial charge < -0.3 is 15.0 Å². The van der Waals surface area contributed by atoms with Gasteiger partial charge in [-0.3, -0.25) is 0 Å². The molecular weight excluding hydrogens is 350 g/mol. The first-order chi connectivity index (χ1) is 13.2. The first kappa shape index (κ1) is 17.5. The maximum atomic E-state index is 13.9. The largest absolute Gasteiger partial charge is 0.494 e. The van der Waals surface area contributed by atoms with E-state index < -0.39 is 5.82 Å². The van der Waals surface area contributed by atoms with Gasteiger partial charge in [-0.1, -0.05) is 12.1 Å². The van der Waals surface area contributed by atoms with Crippen LogP contribution in [0.2, 0.25) is 0 Å². The van der Waals surface area contributed by atoms with Crippen molar-refractivity contribution in [2.75, 3.05) is 30.4 Å². The summed E-state index contributed by atoms with van der Waals surface area (Å²) in [6.45, 7) is 1.52. The molecule has 1 aromatic heterocycles. The average molecular weight is 370 g/mol. The summed E-state index contributed by atoms with van der Waals surface area (Å²) in [5.41, 5.74) is 1.08. The predicted molar refractivity (Wildman–Crippen MR) is 101 cm³/mol. The summed E-state index contributed by atoms with van der Waals surface area (Å²) >= 11 is 0. The van der Waals surface area contributed by atoms with E-state index in [1.165, 1.54) is 25.6 Å². The van der Waals surface area contributed by atoms with Crippen LogP contribution < -0.4 is 15.0 Å². The van der Waals surface area contributed by atoms with Crippen LogP contribution in [0.5, 0.6) is 5.75 Å². The van der Waals surface area contributed by atoms with Gasteiger partial charge in [0.05, 0.1) is 18.3 Å². The molecule has 2 aromatic carbocycles. The SMILES string of the molecule is COc1cc2c(N3CCC(Nc4ccccc4F)CC3)ncnc2cc1F. The van der Waals surface area contributed by atoms with Crippen LogP contribution in [0.4, 0.5) is 20.3 Å². The molecule has 0 saturated carbocycles. The standard InChI is InChI=1S/C20H20F2N4O/c1-27-19-10-14-18(11-16(19)22)23-12-24-20(14)26-8-6-13(7-9-26)25-17-5-3-2-4-15(17)21/h2-5,10-13,25H,6-9H2,1H3. The van der Waals surface area contributed by atoms with E-state index >= 15 is 0 Å². The van der Waals surface area contributed by atoms with Crippen molar-refractivity contribution in [2.45, 2.75) is 18.9 Å². The molecule has 1 N–H and O–H groups in total. The molecule has 3 aromatic rings. The molecule has 0 bridgehead atoms. The number of fused-ring (bicyclic) bond motifs is 1. The lowest BCUT2D eigenvalue weighted by Crippen LogP contribution is -2.39. The summed E-state index contributed by atoms with van der Waals surface area (Å²) < 4.78 is 32.9. The maximum Gasteiger partial charge on any atom is 0.167 e. The zero-order valence-corrected chi connectivity index (χ0v) is 15.0. The molecule has 0 atom stereocenters. The second kappa shape index (κ2) is 7.34. The zero-order valence-electron chi connectivity index (χ0n) is 15.0. The van der Waals surface area contributed by atoms with Gasteiger partial charge in [-0.05, 0) is 31.0 Å². The Bertz CT molecular complexity index is 958. The smallest absolute Gasteiger partial charge is 0.167 e. The van der Waals surface area contributed by atoms with Crippen molar-refractivity contribution < 1.29 is 13.5 Å². The minimum absolute atomic E-state index is 0.176. The highest BCUT2D eigenvalue weighted by molar-refractivity contribution is 5.90. The van der Waals surface area contributed by atoms with Crippen LogP contribution in [0.25, 0.3) is 10.9 Å². The number of nitrogens with one attached hydrogen (secondary N) is 1. The van der Waals surface area contributed by atoms with E-state index in [0.717, 1.165) is 37.1 Å². The molecule has 7 heteroatoms. The van der Waals surface area contributed by atoms with E-state index in [1.54, 1.807) is 18.2 Å². The molecule has 1 aliphatic rings. The minimum atomic E-state index is -0.442. The van der Waals surface area contributed by atoms with Gasteiger partial charge in [-0.25, -0.2) is 18.7 Å². The Morgan fingerprint density at radius 3 is 2.59 bits per heavy atom. The maximum absolute atomic E-state index is 13.9. The molecule has 0 amide bonds. The number of rotatable bonds is 4. The van der Waals surface area contributed by atoms with Crippen molar-refractivity contribution in [2.24, 2.45) is 0 Å². The van der Waals surface area contributed by atoms with Gasteiger partial charge in [0.15, 0.2) is 11.6 Å². The van der Waals surface area contributed by atoms with Gasteiger partial charge in [0.25, 0.3) is 0 Å². The molecule has 0 radical (unpaired) electrons. The molecule has 0 aliphatic carbocycles. The van der Waals surface area contributed by atoms with Crippen LogP contribution in [-0.2, 0) is 0 Å². The number of methoxy groups -OCH3 is 1. The Kier molecular flexibility index (Phi) is 4.75. The summed E-state index contributed by atoms with van der Waals surface area (Å²) in [7, 11) is 1.44. The summed E-state index contributed by atoms with van der Waals surface area (Å²) in [6.07, 6.45) is 3.14. The lowest BCUT2D eigenvalue weighted by Gasteiger charge is -2.34. The second-order valence-electron chi connectivity index (χ2n) is 6.59. The Labute approximate surface area is 156 Å². The monoisotopic (exact) mass is 370 g/mol. The first-order valence-corrected chi connectivity index (χ1v) is 8.90. The number of anilines is 2. The average Bonchev–Trinajstić information content (AvgIpc) is 2.69. The number of para-hydroxylation sites is 1. The molecule has 1 fully saturated rings. The van der Waals surface area contributed by atoms with E-state index in [0.29, 0.717) is 11.2 Å². The quantitative estimate of drug-likeness (QED) is 0.752. The number of piperidine rings is 1. The molecule has 0 unspecified atom stereocenters. The fourth-order valence-electron chi connectivity index (χ4n) is 3.49. The predicted octanol–water partition coefficient (Wildman–Crippen LogP) is 4.00. The van der Waals surface area contributed by atoms with Crippen LogP contribution in [0, 0.1) is 11.6 Å². The van der Waals surface area contributed by atoms with Gasteiger partial charge in [0.2, 0.25) is 0 Å². The Morgan fingerprint density at radius 2 is 1.85 bits per heavy atom. The van der Waals surface area contributed by atoms with Gasteiger partial charge in [-0.2, -0.15) is 0 Å². The fourth-order valence-corrected chi connectivity index (χ4v) is 3.49. The van der Waals surface area contributed by atoms with E-state index in [2.05, 4.69) is 20.2 Å². The van der Waals surface area contributed by atoms with E-state index in [4.69, 9.17) is 4.74 Å². The summed E-state index contributed by atoms with van der Waals surface area (Å²) in [5.74, 6) is 0.260. The molecule has 1 saturated heterocycles. The summed E-state index contributed by atoms with van der Waals surface area (Å²) in [5, 5.41) is 4.04. The molecular formula is C20H20F2N4O. The van der Waals surface area contributed by atoms with Crippen molar-refractivity contribution >= 4 is 22.4 Å². The lowest BCUT2D eigenvalue weighted by molar-refractivity contribution is 0.387. The number of hydrogen-bond donors (Lipinski definition) is 1. The fraction of sp³-hybridized carbons (Fsp3) is 0.300. The minimum Gasteiger partial charge on any atom is -0.494 e. The Morgan fingerprint density at radius 1 is 1.07 bits per heavy atom. The van der Waals surface area contributed by atoms with E-state index in [1.807, 2.05) is 6.07 Å². The van der Waals surface area contributed by atoms with Crippen LogP contribution >= 0.6 is 0 Å². The molecule has 2 heterocycles.